The Hall–Kier alpha value is -6.77. The number of rotatable bonds is 4. The van der Waals surface area contributed by atoms with Crippen molar-refractivity contribution in [2.75, 3.05) is 0 Å². The number of hydrogen-bond acceptors (Lipinski definition) is 2. The zero-order valence-corrected chi connectivity index (χ0v) is 28.3. The van der Waals surface area contributed by atoms with Gasteiger partial charge in [0, 0.05) is 44.0 Å². The molecular weight excluding hydrogens is 631 g/mol. The van der Waals surface area contributed by atoms with E-state index in [0.717, 1.165) is 55.0 Å². The van der Waals surface area contributed by atoms with Crippen molar-refractivity contribution in [1.82, 2.24) is 4.98 Å². The predicted octanol–water partition coefficient (Wildman–Crippen LogP) is 13.4. The lowest BCUT2D eigenvalue weighted by molar-refractivity contribution is 0.669. The Kier molecular flexibility index (Phi) is 6.35. The standard InChI is InChI=1S/C50H31NO/c1-3-15-31(16-4-1)45-36-21-7-8-22-37(36)47-35(25-14-26-40(45)47)33-19-13-20-34(29-33)50-41-30-44-49(39-24-10-12-28-43(39)52-44)46(32-17-5-2-6-18-32)48(41)38-23-9-11-27-42(38)51-50/h1-30,45H. The molecule has 1 aliphatic carbocycles. The van der Waals surface area contributed by atoms with Crippen LogP contribution in [0.5, 0.6) is 0 Å². The first-order chi connectivity index (χ1) is 25.8. The molecule has 242 valence electrons. The molecular formula is C50H31NO. The zero-order chi connectivity index (χ0) is 34.2. The highest BCUT2D eigenvalue weighted by atomic mass is 16.3. The second kappa shape index (κ2) is 11.4. The SMILES string of the molecule is c1ccc(-c2c3c(cc4c(-c5cccc(-c6cccc7c6-c6ccccc6C7c6ccccc6)c5)nc5ccccc5c24)oc2ccccc23)cc1. The number of aromatic nitrogens is 1. The van der Waals surface area contributed by atoms with Crippen molar-refractivity contribution in [3.8, 4) is 44.6 Å². The maximum absolute atomic E-state index is 6.62. The molecule has 0 N–H and O–H groups in total. The first-order valence-corrected chi connectivity index (χ1v) is 17.9. The smallest absolute Gasteiger partial charge is 0.136 e. The molecule has 2 aromatic heterocycles. The third kappa shape index (κ3) is 4.28. The molecule has 0 bridgehead atoms. The molecule has 52 heavy (non-hydrogen) atoms. The quantitative estimate of drug-likeness (QED) is 0.175. The second-order valence-corrected chi connectivity index (χ2v) is 13.8. The van der Waals surface area contributed by atoms with Crippen molar-refractivity contribution >= 4 is 43.6 Å². The van der Waals surface area contributed by atoms with Crippen LogP contribution in [0.1, 0.15) is 22.6 Å². The van der Waals surface area contributed by atoms with Crippen LogP contribution in [-0.2, 0) is 0 Å². The van der Waals surface area contributed by atoms with Crippen LogP contribution in [0.3, 0.4) is 0 Å². The Morgan fingerprint density at radius 3 is 1.94 bits per heavy atom. The minimum Gasteiger partial charge on any atom is -0.456 e. The lowest BCUT2D eigenvalue weighted by Crippen LogP contribution is -1.98. The van der Waals surface area contributed by atoms with Crippen LogP contribution in [0, 0.1) is 0 Å². The number of fused-ring (bicyclic) bond motifs is 9. The summed E-state index contributed by atoms with van der Waals surface area (Å²) >= 11 is 0. The van der Waals surface area contributed by atoms with Gasteiger partial charge in [0.25, 0.3) is 0 Å². The van der Waals surface area contributed by atoms with E-state index in [1.54, 1.807) is 0 Å². The molecule has 1 atom stereocenters. The van der Waals surface area contributed by atoms with Crippen molar-refractivity contribution in [1.29, 1.82) is 0 Å². The van der Waals surface area contributed by atoms with E-state index in [2.05, 4.69) is 176 Å². The summed E-state index contributed by atoms with van der Waals surface area (Å²) in [5.74, 6) is 0.198. The summed E-state index contributed by atoms with van der Waals surface area (Å²) in [7, 11) is 0. The van der Waals surface area contributed by atoms with E-state index in [0.29, 0.717) is 0 Å². The van der Waals surface area contributed by atoms with Crippen molar-refractivity contribution in [2.24, 2.45) is 0 Å². The van der Waals surface area contributed by atoms with Crippen LogP contribution in [-0.4, -0.2) is 4.98 Å². The van der Waals surface area contributed by atoms with E-state index in [1.807, 2.05) is 6.07 Å². The average Bonchev–Trinajstić information content (AvgIpc) is 3.76. The summed E-state index contributed by atoms with van der Waals surface area (Å²) < 4.78 is 6.62. The fourth-order valence-electron chi connectivity index (χ4n) is 8.76. The summed E-state index contributed by atoms with van der Waals surface area (Å²) in [4.78, 5) is 5.42. The molecule has 0 fully saturated rings. The number of benzene rings is 8. The lowest BCUT2D eigenvalue weighted by Gasteiger charge is -2.17. The highest BCUT2D eigenvalue weighted by Gasteiger charge is 2.31. The topological polar surface area (TPSA) is 26.0 Å². The van der Waals surface area contributed by atoms with Gasteiger partial charge in [-0.2, -0.15) is 0 Å². The van der Waals surface area contributed by atoms with Gasteiger partial charge < -0.3 is 4.42 Å². The monoisotopic (exact) mass is 661 g/mol. The third-order valence-corrected chi connectivity index (χ3v) is 10.9. The molecule has 0 saturated heterocycles. The molecule has 11 rings (SSSR count). The largest absolute Gasteiger partial charge is 0.456 e. The van der Waals surface area contributed by atoms with Gasteiger partial charge in [-0.05, 0) is 68.8 Å². The van der Waals surface area contributed by atoms with Crippen LogP contribution in [0.4, 0.5) is 0 Å². The molecule has 0 amide bonds. The molecule has 1 unspecified atom stereocenters. The van der Waals surface area contributed by atoms with Crippen LogP contribution in [0.2, 0.25) is 0 Å². The van der Waals surface area contributed by atoms with Gasteiger partial charge in [-0.3, -0.25) is 0 Å². The van der Waals surface area contributed by atoms with E-state index in [9.17, 15) is 0 Å². The summed E-state index contributed by atoms with van der Waals surface area (Å²) in [5.41, 5.74) is 16.2. The van der Waals surface area contributed by atoms with E-state index in [-0.39, 0.29) is 5.92 Å². The van der Waals surface area contributed by atoms with Crippen molar-refractivity contribution in [2.45, 2.75) is 5.92 Å². The zero-order valence-electron chi connectivity index (χ0n) is 28.3. The van der Waals surface area contributed by atoms with Crippen LogP contribution in [0.15, 0.2) is 186 Å². The minimum absolute atomic E-state index is 0.198. The molecule has 1 aliphatic rings. The molecule has 8 aromatic carbocycles. The van der Waals surface area contributed by atoms with Gasteiger partial charge in [0.2, 0.25) is 0 Å². The third-order valence-electron chi connectivity index (χ3n) is 10.9. The van der Waals surface area contributed by atoms with Crippen molar-refractivity contribution in [3.05, 3.63) is 199 Å². The molecule has 10 aromatic rings. The normalized spacial score (nSPS) is 13.6. The minimum atomic E-state index is 0.198. The van der Waals surface area contributed by atoms with Crippen LogP contribution in [0.25, 0.3) is 88.3 Å². The Morgan fingerprint density at radius 2 is 1.06 bits per heavy atom. The summed E-state index contributed by atoms with van der Waals surface area (Å²) in [5, 5.41) is 5.66. The fourth-order valence-corrected chi connectivity index (χ4v) is 8.76. The second-order valence-electron chi connectivity index (χ2n) is 13.8. The number of furan rings is 1. The average molecular weight is 662 g/mol. The Bertz CT molecular complexity index is 3010. The summed E-state index contributed by atoms with van der Waals surface area (Å²) in [6.07, 6.45) is 0. The molecule has 2 heteroatoms. The number of nitrogens with zero attached hydrogens (tertiary/aromatic N) is 1. The first kappa shape index (κ1) is 29.0. The molecule has 0 radical (unpaired) electrons. The maximum atomic E-state index is 6.62. The Labute approximate surface area is 301 Å². The van der Waals surface area contributed by atoms with Gasteiger partial charge >= 0.3 is 0 Å². The highest BCUT2D eigenvalue weighted by molar-refractivity contribution is 6.27. The number of para-hydroxylation sites is 2. The van der Waals surface area contributed by atoms with Gasteiger partial charge in [0.05, 0.1) is 11.2 Å². The van der Waals surface area contributed by atoms with Gasteiger partial charge in [-0.15, -0.1) is 0 Å². The molecule has 2 heterocycles. The first-order valence-electron chi connectivity index (χ1n) is 17.9. The molecule has 0 aliphatic heterocycles. The molecule has 2 nitrogen and oxygen atoms in total. The fraction of sp³-hybridized carbons (Fsp3) is 0.0200. The maximum Gasteiger partial charge on any atom is 0.136 e. The van der Waals surface area contributed by atoms with Gasteiger partial charge in [0.1, 0.15) is 11.2 Å². The lowest BCUT2D eigenvalue weighted by atomic mass is 9.87. The molecule has 0 saturated carbocycles. The Morgan fingerprint density at radius 1 is 0.404 bits per heavy atom. The van der Waals surface area contributed by atoms with E-state index in [4.69, 9.17) is 9.40 Å². The summed E-state index contributed by atoms with van der Waals surface area (Å²) in [6.45, 7) is 0. The van der Waals surface area contributed by atoms with Gasteiger partial charge in [-0.1, -0.05) is 158 Å². The van der Waals surface area contributed by atoms with Crippen LogP contribution >= 0.6 is 0 Å². The number of pyridine rings is 1. The van der Waals surface area contributed by atoms with Crippen molar-refractivity contribution < 1.29 is 4.42 Å². The van der Waals surface area contributed by atoms with E-state index in [1.165, 1.54) is 49.9 Å². The highest BCUT2D eigenvalue weighted by Crippen LogP contribution is 2.52. The summed E-state index contributed by atoms with van der Waals surface area (Å²) in [6, 6.07) is 65.5. The van der Waals surface area contributed by atoms with E-state index < -0.39 is 0 Å². The number of hydrogen-bond donors (Lipinski definition) is 0. The van der Waals surface area contributed by atoms with Crippen molar-refractivity contribution in [3.63, 3.8) is 0 Å². The van der Waals surface area contributed by atoms with Crippen LogP contribution < -0.4 is 0 Å². The Balaban J connectivity index is 1.19. The van der Waals surface area contributed by atoms with Gasteiger partial charge in [-0.25, -0.2) is 4.98 Å². The van der Waals surface area contributed by atoms with Gasteiger partial charge in [0.15, 0.2) is 0 Å². The van der Waals surface area contributed by atoms with E-state index >= 15 is 0 Å². The molecule has 0 spiro atoms. The predicted molar refractivity (Wildman–Crippen MR) is 216 cm³/mol.